The number of aldehydes is 1. The van der Waals surface area contributed by atoms with E-state index in [1.165, 1.54) is 6.42 Å². The van der Waals surface area contributed by atoms with Crippen molar-refractivity contribution in [1.82, 2.24) is 0 Å². The summed E-state index contributed by atoms with van der Waals surface area (Å²) in [5.74, 6) is 0. The zero-order valence-corrected chi connectivity index (χ0v) is 6.11. The third-order valence-corrected chi connectivity index (χ3v) is 0.407. The van der Waals surface area contributed by atoms with E-state index in [-0.39, 0.29) is 0 Å². The molecule has 0 unspecified atom stereocenters. The predicted molar refractivity (Wildman–Crippen MR) is 36.9 cm³/mol. The summed E-state index contributed by atoms with van der Waals surface area (Å²) in [5.41, 5.74) is 0. The normalized spacial score (nSPS) is 6.88. The largest absolute Gasteiger partial charge is 0.303 e. The van der Waals surface area contributed by atoms with Crippen LogP contribution < -0.4 is 0 Å². The van der Waals surface area contributed by atoms with Crippen LogP contribution in [0.5, 0.6) is 0 Å². The highest BCUT2D eigenvalue weighted by Crippen LogP contribution is 1.74. The lowest BCUT2D eigenvalue weighted by molar-refractivity contribution is -0.107. The first-order valence-corrected chi connectivity index (χ1v) is 3.27. The smallest absolute Gasteiger partial charge is 0.119 e. The molecule has 0 radical (unpaired) electrons. The fourth-order valence-electron chi connectivity index (χ4n) is 0.118. The number of hydrogen-bond acceptors (Lipinski definition) is 1. The predicted octanol–water partition coefficient (Wildman–Crippen LogP) is 2.40. The van der Waals surface area contributed by atoms with Gasteiger partial charge in [0.25, 0.3) is 0 Å². The van der Waals surface area contributed by atoms with Gasteiger partial charge in [-0.3, -0.25) is 0 Å². The van der Waals surface area contributed by atoms with E-state index in [0.29, 0.717) is 6.42 Å². The second-order valence-electron chi connectivity index (χ2n) is 1.66. The van der Waals surface area contributed by atoms with Gasteiger partial charge in [-0.1, -0.05) is 27.2 Å². The van der Waals surface area contributed by atoms with Crippen molar-refractivity contribution in [2.24, 2.45) is 0 Å². The molecule has 0 N–H and O–H groups in total. The van der Waals surface area contributed by atoms with Crippen molar-refractivity contribution in [1.29, 1.82) is 0 Å². The van der Waals surface area contributed by atoms with Gasteiger partial charge in [0.15, 0.2) is 0 Å². The van der Waals surface area contributed by atoms with Gasteiger partial charge in [0.05, 0.1) is 0 Å². The minimum Gasteiger partial charge on any atom is -0.303 e. The Morgan fingerprint density at radius 1 is 1.25 bits per heavy atom. The lowest BCUT2D eigenvalue weighted by atomic mass is 10.4. The molecule has 0 saturated heterocycles. The molecule has 1 nitrogen and oxygen atoms in total. The summed E-state index contributed by atoms with van der Waals surface area (Å²) in [5, 5.41) is 0. The monoisotopic (exact) mass is 116 g/mol. The van der Waals surface area contributed by atoms with Crippen LogP contribution in [0.25, 0.3) is 0 Å². The van der Waals surface area contributed by atoms with E-state index in [1.54, 1.807) is 0 Å². The summed E-state index contributed by atoms with van der Waals surface area (Å²) in [6, 6.07) is 0. The summed E-state index contributed by atoms with van der Waals surface area (Å²) in [4.78, 5) is 9.40. The zero-order chi connectivity index (χ0) is 6.83. The number of carbonyl (C=O) groups is 1. The lowest BCUT2D eigenvalue weighted by Crippen LogP contribution is -1.64. The summed E-state index contributed by atoms with van der Waals surface area (Å²) < 4.78 is 0. The molecule has 0 spiro atoms. The number of hydrogen-bond donors (Lipinski definition) is 0. The molecule has 0 bridgehead atoms. The molecule has 0 heterocycles. The molecule has 0 atom stereocenters. The number of unbranched alkanes of at least 4 members (excludes halogenated alkanes) is 1. The van der Waals surface area contributed by atoms with Gasteiger partial charge in [0.1, 0.15) is 6.29 Å². The Balaban J connectivity index is 0. The van der Waals surface area contributed by atoms with Crippen LogP contribution in [0.4, 0.5) is 0 Å². The second-order valence-corrected chi connectivity index (χ2v) is 1.66. The maximum absolute atomic E-state index is 9.40. The van der Waals surface area contributed by atoms with Crippen molar-refractivity contribution in [3.05, 3.63) is 0 Å². The maximum Gasteiger partial charge on any atom is 0.119 e. The maximum atomic E-state index is 9.40. The summed E-state index contributed by atoms with van der Waals surface area (Å²) in [7, 11) is 0. The van der Waals surface area contributed by atoms with Crippen molar-refractivity contribution in [2.75, 3.05) is 0 Å². The van der Waals surface area contributed by atoms with E-state index in [9.17, 15) is 4.79 Å². The van der Waals surface area contributed by atoms with Crippen LogP contribution in [0, 0.1) is 0 Å². The molecule has 0 fully saturated rings. The van der Waals surface area contributed by atoms with Gasteiger partial charge < -0.3 is 4.79 Å². The zero-order valence-electron chi connectivity index (χ0n) is 6.11. The summed E-state index contributed by atoms with van der Waals surface area (Å²) in [6.45, 7) is 6.23. The standard InChI is InChI=1S/C4H8O.C3H8/c1-2-3-4-5;1-3-2/h4H,2-3H2,1H3;3H2,1-2H3. The molecule has 0 aliphatic heterocycles. The van der Waals surface area contributed by atoms with Gasteiger partial charge in [-0.15, -0.1) is 0 Å². The van der Waals surface area contributed by atoms with E-state index in [1.807, 2.05) is 6.92 Å². The molecule has 0 rings (SSSR count). The first kappa shape index (κ1) is 10.6. The summed E-state index contributed by atoms with van der Waals surface area (Å²) >= 11 is 0. The van der Waals surface area contributed by atoms with Crippen LogP contribution in [0.1, 0.15) is 40.0 Å². The minimum atomic E-state index is 0.708. The Bertz CT molecular complexity index is 33.4. The van der Waals surface area contributed by atoms with Crippen LogP contribution in [0.15, 0.2) is 0 Å². The molecular weight excluding hydrogens is 100 g/mol. The molecular formula is C7H16O. The van der Waals surface area contributed by atoms with Gasteiger partial charge in [-0.05, 0) is 6.42 Å². The van der Waals surface area contributed by atoms with Crippen LogP contribution >= 0.6 is 0 Å². The molecule has 50 valence electrons. The van der Waals surface area contributed by atoms with Gasteiger partial charge in [0.2, 0.25) is 0 Å². The highest BCUT2D eigenvalue weighted by atomic mass is 16.1. The van der Waals surface area contributed by atoms with E-state index >= 15 is 0 Å². The van der Waals surface area contributed by atoms with Gasteiger partial charge >= 0.3 is 0 Å². The average molecular weight is 116 g/mol. The first-order valence-electron chi connectivity index (χ1n) is 3.27. The Kier molecular flexibility index (Phi) is 21.1. The second kappa shape index (κ2) is 15.9. The van der Waals surface area contributed by atoms with Crippen molar-refractivity contribution in [2.45, 2.75) is 40.0 Å². The van der Waals surface area contributed by atoms with Crippen LogP contribution in [0.3, 0.4) is 0 Å². The van der Waals surface area contributed by atoms with E-state index in [0.717, 1.165) is 12.7 Å². The number of carbonyl (C=O) groups excluding carboxylic acids is 1. The van der Waals surface area contributed by atoms with Crippen LogP contribution in [0.2, 0.25) is 0 Å². The third-order valence-electron chi connectivity index (χ3n) is 0.407. The fraction of sp³-hybridized carbons (Fsp3) is 0.857. The SMILES string of the molecule is CCC.CCCC=O. The van der Waals surface area contributed by atoms with Gasteiger partial charge in [-0.2, -0.15) is 0 Å². The first-order chi connectivity index (χ1) is 3.83. The molecule has 8 heavy (non-hydrogen) atoms. The Morgan fingerprint density at radius 3 is 1.62 bits per heavy atom. The summed E-state index contributed by atoms with van der Waals surface area (Å²) in [6.07, 6.45) is 3.86. The highest BCUT2D eigenvalue weighted by Gasteiger charge is 1.66. The van der Waals surface area contributed by atoms with Crippen molar-refractivity contribution in [3.8, 4) is 0 Å². The van der Waals surface area contributed by atoms with E-state index < -0.39 is 0 Å². The number of rotatable bonds is 2. The Labute approximate surface area is 52.1 Å². The Hall–Kier alpha value is -0.330. The quantitative estimate of drug-likeness (QED) is 0.506. The van der Waals surface area contributed by atoms with Crippen molar-refractivity contribution >= 4 is 6.29 Å². The molecule has 1 heteroatoms. The molecule has 0 aromatic carbocycles. The average Bonchev–Trinajstić information content (AvgIpc) is 1.71. The minimum absolute atomic E-state index is 0.708. The topological polar surface area (TPSA) is 17.1 Å². The lowest BCUT2D eigenvalue weighted by Gasteiger charge is -1.68. The molecule has 0 aliphatic carbocycles. The van der Waals surface area contributed by atoms with Gasteiger partial charge in [0, 0.05) is 6.42 Å². The van der Waals surface area contributed by atoms with Crippen LogP contribution in [-0.2, 0) is 4.79 Å². The highest BCUT2D eigenvalue weighted by molar-refractivity contribution is 5.48. The third kappa shape index (κ3) is 44.3. The van der Waals surface area contributed by atoms with E-state index in [4.69, 9.17) is 0 Å². The molecule has 0 aromatic rings. The Morgan fingerprint density at radius 2 is 1.62 bits per heavy atom. The molecule has 0 aromatic heterocycles. The van der Waals surface area contributed by atoms with Crippen molar-refractivity contribution < 1.29 is 4.79 Å². The van der Waals surface area contributed by atoms with E-state index in [2.05, 4.69) is 13.8 Å². The van der Waals surface area contributed by atoms with Crippen LogP contribution in [-0.4, -0.2) is 6.29 Å². The van der Waals surface area contributed by atoms with Gasteiger partial charge in [-0.25, -0.2) is 0 Å². The van der Waals surface area contributed by atoms with Crippen molar-refractivity contribution in [3.63, 3.8) is 0 Å². The fourth-order valence-corrected chi connectivity index (χ4v) is 0.118. The molecule has 0 saturated carbocycles. The molecule has 0 aliphatic rings. The molecule has 0 amide bonds.